The molecule has 10 nitrogen and oxygen atoms in total. The molecule has 0 saturated carbocycles. The highest BCUT2D eigenvalue weighted by Crippen LogP contribution is 2.30. The number of benzene rings is 1. The highest BCUT2D eigenvalue weighted by Gasteiger charge is 2.24. The van der Waals surface area contributed by atoms with Gasteiger partial charge < -0.3 is 24.8 Å². The van der Waals surface area contributed by atoms with Crippen molar-refractivity contribution in [2.45, 2.75) is 26.8 Å². The number of hydrogen-bond donors (Lipinski definition) is 2. The molecule has 0 aliphatic carbocycles. The van der Waals surface area contributed by atoms with Crippen LogP contribution in [0.5, 0.6) is 5.75 Å². The number of carbonyl (C=O) groups is 2. The van der Waals surface area contributed by atoms with E-state index in [1.54, 1.807) is 13.3 Å². The Morgan fingerprint density at radius 3 is 2.58 bits per heavy atom. The van der Waals surface area contributed by atoms with Gasteiger partial charge in [0.2, 0.25) is 0 Å². The van der Waals surface area contributed by atoms with E-state index in [0.29, 0.717) is 27.3 Å². The fourth-order valence-electron chi connectivity index (χ4n) is 3.27. The van der Waals surface area contributed by atoms with Crippen LogP contribution >= 0.6 is 11.3 Å². The van der Waals surface area contributed by atoms with Crippen LogP contribution < -0.4 is 15.4 Å². The van der Waals surface area contributed by atoms with Gasteiger partial charge in [-0.05, 0) is 32.4 Å². The number of aryl methyl sites for hydroxylation is 2. The van der Waals surface area contributed by atoms with E-state index in [-0.39, 0.29) is 12.5 Å². The number of methoxy groups -OCH3 is 3. The van der Waals surface area contributed by atoms with Gasteiger partial charge in [0.15, 0.2) is 17.0 Å². The summed E-state index contributed by atoms with van der Waals surface area (Å²) in [7, 11) is 4.41. The first-order valence-corrected chi connectivity index (χ1v) is 10.9. The van der Waals surface area contributed by atoms with Crippen LogP contribution in [0.15, 0.2) is 24.5 Å². The van der Waals surface area contributed by atoms with Crippen LogP contribution in [-0.4, -0.2) is 54.6 Å². The second-order valence-electron chi connectivity index (χ2n) is 7.33. The highest BCUT2D eigenvalue weighted by molar-refractivity contribution is 7.17. The van der Waals surface area contributed by atoms with Crippen molar-refractivity contribution < 1.29 is 23.8 Å². The Hall–Kier alpha value is -3.44. The Morgan fingerprint density at radius 2 is 1.91 bits per heavy atom. The van der Waals surface area contributed by atoms with Crippen LogP contribution in [0.3, 0.4) is 0 Å². The summed E-state index contributed by atoms with van der Waals surface area (Å²) < 4.78 is 16.8. The fourth-order valence-corrected chi connectivity index (χ4v) is 3.98. The summed E-state index contributed by atoms with van der Waals surface area (Å²) in [5.41, 5.74) is 3.29. The lowest BCUT2D eigenvalue weighted by molar-refractivity contribution is -0.146. The van der Waals surface area contributed by atoms with Gasteiger partial charge in [0, 0.05) is 24.4 Å². The summed E-state index contributed by atoms with van der Waals surface area (Å²) in [6, 6.07) is 3.06. The Kier molecular flexibility index (Phi) is 7.67. The SMILES string of the molecule is COCC(C(=O)OC)n1cc(C)c(Nc2ncc(C(=O)Nc3c(C)ccc(OC)c3C)s2)n1. The van der Waals surface area contributed by atoms with E-state index < -0.39 is 12.0 Å². The third-order valence-electron chi connectivity index (χ3n) is 5.07. The van der Waals surface area contributed by atoms with E-state index >= 15 is 0 Å². The van der Waals surface area contributed by atoms with Gasteiger partial charge in [-0.3, -0.25) is 9.48 Å². The summed E-state index contributed by atoms with van der Waals surface area (Å²) in [5, 5.41) is 11.0. The van der Waals surface area contributed by atoms with Crippen molar-refractivity contribution >= 4 is 39.9 Å². The van der Waals surface area contributed by atoms with Gasteiger partial charge in [0.05, 0.1) is 32.7 Å². The second kappa shape index (κ2) is 10.5. The first kappa shape index (κ1) is 24.2. The summed E-state index contributed by atoms with van der Waals surface area (Å²) in [5.74, 6) is 0.489. The number of aromatic nitrogens is 3. The molecule has 0 bridgehead atoms. The number of esters is 1. The molecule has 2 N–H and O–H groups in total. The number of thiazole rings is 1. The fraction of sp³-hybridized carbons (Fsp3) is 0.364. The molecule has 1 unspecified atom stereocenters. The number of hydrogen-bond acceptors (Lipinski definition) is 9. The number of nitrogens with zero attached hydrogens (tertiary/aromatic N) is 3. The maximum absolute atomic E-state index is 12.8. The molecule has 176 valence electrons. The van der Waals surface area contributed by atoms with E-state index in [9.17, 15) is 9.59 Å². The molecule has 0 fully saturated rings. The number of anilines is 3. The van der Waals surface area contributed by atoms with E-state index in [0.717, 1.165) is 16.7 Å². The average molecular weight is 474 g/mol. The van der Waals surface area contributed by atoms with E-state index in [1.165, 1.54) is 36.4 Å². The second-order valence-corrected chi connectivity index (χ2v) is 8.36. The number of ether oxygens (including phenoxy) is 3. The van der Waals surface area contributed by atoms with E-state index in [2.05, 4.69) is 20.7 Å². The maximum Gasteiger partial charge on any atom is 0.333 e. The third-order valence-corrected chi connectivity index (χ3v) is 5.98. The lowest BCUT2D eigenvalue weighted by atomic mass is 10.1. The Bertz CT molecular complexity index is 1160. The van der Waals surface area contributed by atoms with Crippen molar-refractivity contribution in [3.05, 3.63) is 46.1 Å². The van der Waals surface area contributed by atoms with Crippen molar-refractivity contribution in [3.63, 3.8) is 0 Å². The molecule has 3 aromatic rings. The molecule has 2 heterocycles. The monoisotopic (exact) mass is 473 g/mol. The largest absolute Gasteiger partial charge is 0.496 e. The zero-order valence-corrected chi connectivity index (χ0v) is 20.2. The van der Waals surface area contributed by atoms with Crippen molar-refractivity contribution in [3.8, 4) is 5.75 Å². The zero-order chi connectivity index (χ0) is 24.1. The normalized spacial score (nSPS) is 11.7. The average Bonchev–Trinajstić information content (AvgIpc) is 3.41. The topological polar surface area (TPSA) is 117 Å². The number of nitrogens with one attached hydrogen (secondary N) is 2. The Morgan fingerprint density at radius 1 is 1.15 bits per heavy atom. The minimum atomic E-state index is -0.707. The first-order chi connectivity index (χ1) is 15.8. The molecular weight excluding hydrogens is 446 g/mol. The predicted octanol–water partition coefficient (Wildman–Crippen LogP) is 3.63. The quantitative estimate of drug-likeness (QED) is 0.453. The van der Waals surface area contributed by atoms with Crippen LogP contribution in [-0.2, 0) is 14.3 Å². The third kappa shape index (κ3) is 5.32. The van der Waals surface area contributed by atoms with Crippen molar-refractivity contribution in [2.24, 2.45) is 0 Å². The molecule has 2 aromatic heterocycles. The van der Waals surface area contributed by atoms with Crippen LogP contribution in [0.1, 0.15) is 32.4 Å². The molecule has 1 aromatic carbocycles. The minimum Gasteiger partial charge on any atom is -0.496 e. The number of rotatable bonds is 9. The molecule has 3 rings (SSSR count). The zero-order valence-electron chi connectivity index (χ0n) is 19.4. The molecule has 0 aliphatic heterocycles. The van der Waals surface area contributed by atoms with Gasteiger partial charge in [0.1, 0.15) is 10.6 Å². The predicted molar refractivity (Wildman–Crippen MR) is 126 cm³/mol. The minimum absolute atomic E-state index is 0.123. The molecule has 11 heteroatoms. The van der Waals surface area contributed by atoms with Crippen molar-refractivity contribution in [2.75, 3.05) is 38.6 Å². The highest BCUT2D eigenvalue weighted by atomic mass is 32.1. The lowest BCUT2D eigenvalue weighted by Gasteiger charge is -2.14. The van der Waals surface area contributed by atoms with E-state index in [4.69, 9.17) is 14.2 Å². The van der Waals surface area contributed by atoms with Crippen molar-refractivity contribution in [1.29, 1.82) is 0 Å². The molecule has 1 atom stereocenters. The summed E-state index contributed by atoms with van der Waals surface area (Å²) in [4.78, 5) is 29.6. The van der Waals surface area contributed by atoms with Gasteiger partial charge in [-0.2, -0.15) is 5.10 Å². The Labute approximate surface area is 195 Å². The van der Waals surface area contributed by atoms with Crippen LogP contribution in [0.25, 0.3) is 0 Å². The van der Waals surface area contributed by atoms with E-state index in [1.807, 2.05) is 32.9 Å². The molecule has 0 radical (unpaired) electrons. The molecular formula is C22H27N5O5S. The van der Waals surface area contributed by atoms with Crippen LogP contribution in [0, 0.1) is 20.8 Å². The van der Waals surface area contributed by atoms with Gasteiger partial charge in [-0.15, -0.1) is 0 Å². The van der Waals surface area contributed by atoms with Crippen LogP contribution in [0.4, 0.5) is 16.6 Å². The number of amides is 1. The summed E-state index contributed by atoms with van der Waals surface area (Å²) in [6.45, 7) is 5.79. The van der Waals surface area contributed by atoms with Gasteiger partial charge in [-0.1, -0.05) is 17.4 Å². The molecule has 33 heavy (non-hydrogen) atoms. The van der Waals surface area contributed by atoms with Gasteiger partial charge in [-0.25, -0.2) is 9.78 Å². The molecule has 1 amide bonds. The molecule has 0 aliphatic rings. The number of carbonyl (C=O) groups excluding carboxylic acids is 2. The first-order valence-electron chi connectivity index (χ1n) is 10.1. The Balaban J connectivity index is 1.76. The van der Waals surface area contributed by atoms with Crippen molar-refractivity contribution in [1.82, 2.24) is 14.8 Å². The molecule has 0 saturated heterocycles. The van der Waals surface area contributed by atoms with Gasteiger partial charge >= 0.3 is 5.97 Å². The standard InChI is InChI=1S/C22H27N5O5S/c1-12-7-8-16(31-5)14(3)18(12)24-20(28)17-9-23-22(33-17)25-19-13(2)10-27(26-19)15(11-30-4)21(29)32-6/h7-10,15H,11H2,1-6H3,(H,24,28)(H,23,25,26). The smallest absolute Gasteiger partial charge is 0.333 e. The van der Waals surface area contributed by atoms with Gasteiger partial charge in [0.25, 0.3) is 5.91 Å². The maximum atomic E-state index is 12.8. The summed E-state index contributed by atoms with van der Waals surface area (Å²) >= 11 is 1.19. The van der Waals surface area contributed by atoms with Crippen LogP contribution in [0.2, 0.25) is 0 Å². The lowest BCUT2D eigenvalue weighted by Crippen LogP contribution is -2.25. The summed E-state index contributed by atoms with van der Waals surface area (Å²) in [6.07, 6.45) is 3.22. The molecule has 0 spiro atoms.